The van der Waals surface area contributed by atoms with Crippen LogP contribution in [0.4, 0.5) is 0 Å². The van der Waals surface area contributed by atoms with Crippen molar-refractivity contribution in [1.82, 2.24) is 10.6 Å². The van der Waals surface area contributed by atoms with Crippen LogP contribution in [-0.2, 0) is 18.9 Å². The monoisotopic (exact) mass is 1170 g/mol. The van der Waals surface area contributed by atoms with E-state index in [1.165, 1.54) is 140 Å². The van der Waals surface area contributed by atoms with Gasteiger partial charge in [0.25, 0.3) is 0 Å². The van der Waals surface area contributed by atoms with Gasteiger partial charge in [-0.05, 0) is 293 Å². The van der Waals surface area contributed by atoms with Crippen molar-refractivity contribution in [3.8, 4) is 0 Å². The maximum absolute atomic E-state index is 11.1. The molecular formula is C74H128N2O8. The van der Waals surface area contributed by atoms with Crippen LogP contribution in [-0.4, -0.2) is 111 Å². The fraction of sp³-hybridized carbons (Fsp3) is 0.973. The zero-order valence-corrected chi connectivity index (χ0v) is 55.7. The van der Waals surface area contributed by atoms with Crippen LogP contribution >= 0.6 is 0 Å². The average Bonchev–Trinajstić information content (AvgIpc) is 0.991. The summed E-state index contributed by atoms with van der Waals surface area (Å²) in [6, 6.07) is 0. The predicted octanol–water partition coefficient (Wildman–Crippen LogP) is 14.3. The van der Waals surface area contributed by atoms with Gasteiger partial charge in [-0.3, -0.25) is 0 Å². The predicted molar refractivity (Wildman–Crippen MR) is 338 cm³/mol. The first-order valence-electron chi connectivity index (χ1n) is 36.0. The van der Waals surface area contributed by atoms with Crippen molar-refractivity contribution < 1.29 is 39.4 Å². The Labute approximate surface area is 512 Å². The average molecular weight is 1170 g/mol. The summed E-state index contributed by atoms with van der Waals surface area (Å²) >= 11 is 0. The molecule has 0 aromatic carbocycles. The number of hydrogen-bond donors (Lipinski definition) is 6. The molecule has 0 aromatic rings. The molecule has 12 fully saturated rings. The Morgan fingerprint density at radius 3 is 1.46 bits per heavy atom. The van der Waals surface area contributed by atoms with Crippen molar-refractivity contribution in [3.63, 3.8) is 0 Å². The molecule has 2 aliphatic heterocycles. The second-order valence-corrected chi connectivity index (χ2v) is 34.9. The van der Waals surface area contributed by atoms with Crippen LogP contribution in [0.25, 0.3) is 0 Å². The first-order chi connectivity index (χ1) is 39.9. The molecule has 0 bridgehead atoms. The third-order valence-electron chi connectivity index (χ3n) is 31.3. The van der Waals surface area contributed by atoms with Crippen LogP contribution in [0.15, 0.2) is 12.2 Å². The number of aliphatic hydroxyl groups excluding tert-OH is 4. The van der Waals surface area contributed by atoms with Gasteiger partial charge in [0, 0.05) is 32.8 Å². The number of aliphatic hydroxyl groups is 4. The lowest BCUT2D eigenvalue weighted by Crippen LogP contribution is -2.67. The Balaban J connectivity index is 0.000000175. The summed E-state index contributed by atoms with van der Waals surface area (Å²) in [6.45, 7) is 39.8. The topological polar surface area (TPSA) is 142 Å². The summed E-state index contributed by atoms with van der Waals surface area (Å²) < 4.78 is 25.6. The number of fused-ring (bicyclic) bond motifs is 14. The van der Waals surface area contributed by atoms with E-state index in [1.807, 2.05) is 0 Å². The SMILES string of the molecule is C=C(CNCCO)[C@@H]1CC[C@]2(COC3CCCCO3)CC[C@]3(C)[C@H](CC[C@@H]4[C@@]5(C)CCC(O)C(C)(C)[C@@H]5CC[C@]43C)[C@@H]12.CC(CNCCO)[C@@H]1CC[C@]2(COC3CCCCO3)CC[C@]3(C)[C@H](CC[C@@H]4[C@@]5(C)CCC(O)C(C)(C)[C@@H]5CC[C@]43C)[C@@H]12. The van der Waals surface area contributed by atoms with Crippen molar-refractivity contribution in [2.75, 3.05) is 65.8 Å². The molecule has 6 N–H and O–H groups in total. The number of ether oxygens (including phenoxy) is 4. The van der Waals surface area contributed by atoms with Gasteiger partial charge in [0.05, 0.1) is 38.6 Å². The maximum Gasteiger partial charge on any atom is 0.157 e. The molecular weight excluding hydrogens is 1040 g/mol. The summed E-state index contributed by atoms with van der Waals surface area (Å²) in [4.78, 5) is 0. The molecule has 0 aromatic heterocycles. The number of hydrogen-bond acceptors (Lipinski definition) is 10. The molecule has 482 valence electrons. The third-order valence-corrected chi connectivity index (χ3v) is 31.3. The van der Waals surface area contributed by atoms with Gasteiger partial charge in [0.15, 0.2) is 12.6 Å². The number of rotatable bonds is 16. The highest BCUT2D eigenvalue weighted by Gasteiger charge is 2.73. The van der Waals surface area contributed by atoms with Gasteiger partial charge in [-0.2, -0.15) is 0 Å². The van der Waals surface area contributed by atoms with Crippen molar-refractivity contribution in [1.29, 1.82) is 0 Å². The maximum atomic E-state index is 11.1. The second-order valence-electron chi connectivity index (χ2n) is 34.9. The van der Waals surface area contributed by atoms with Gasteiger partial charge in [-0.25, -0.2) is 0 Å². The standard InChI is InChI=1S/C37H65NO4.C37H63NO4/c2*1-25(23-38-20-21-39)26-12-17-37(24-42-31-9-7-8-22-41-31)19-18-35(5)27(32(26)37)10-11-29-34(4)15-14-30(40)33(2,3)28(34)13-16-36(29,35)6/h25-32,38-40H,7-24H2,1-6H3;26-32,38-40H,1,7-24H2,2-6H3/t25?,26-,27+,28-,29+,30?,31?,32+,34-,35+,36+,37+;26-,27+,28-,29+,30?,31?,32+,34-,35+,36+,37+/m00/s1. The van der Waals surface area contributed by atoms with Crippen LogP contribution < -0.4 is 10.6 Å². The van der Waals surface area contributed by atoms with Gasteiger partial charge in [-0.1, -0.05) is 88.3 Å². The minimum absolute atomic E-state index is 0.00160. The zero-order chi connectivity index (χ0) is 59.9. The lowest BCUT2D eigenvalue weighted by atomic mass is 9.32. The molecule has 0 spiro atoms. The number of nitrogens with one attached hydrogen (secondary N) is 2. The zero-order valence-electron chi connectivity index (χ0n) is 55.7. The first-order valence-corrected chi connectivity index (χ1v) is 36.0. The van der Waals surface area contributed by atoms with Crippen LogP contribution in [0.2, 0.25) is 0 Å². The Hall–Kier alpha value is -0.660. The highest BCUT2D eigenvalue weighted by molar-refractivity contribution is 5.24. The minimum Gasteiger partial charge on any atom is -0.395 e. The van der Waals surface area contributed by atoms with E-state index < -0.39 is 0 Å². The Morgan fingerprint density at radius 1 is 0.500 bits per heavy atom. The molecule has 0 radical (unpaired) electrons. The summed E-state index contributed by atoms with van der Waals surface area (Å²) in [5.74, 6) is 7.30. The van der Waals surface area contributed by atoms with Crippen LogP contribution in [0.1, 0.15) is 243 Å². The van der Waals surface area contributed by atoms with E-state index in [4.69, 9.17) is 25.5 Å². The quantitative estimate of drug-likeness (QED) is 0.0653. The molecule has 12 aliphatic rings. The van der Waals surface area contributed by atoms with Crippen molar-refractivity contribution >= 4 is 0 Å². The lowest BCUT2D eigenvalue weighted by Gasteiger charge is -2.73. The second kappa shape index (κ2) is 24.4. The molecule has 23 atom stereocenters. The molecule has 10 nitrogen and oxygen atoms in total. The Kier molecular flexibility index (Phi) is 18.9. The van der Waals surface area contributed by atoms with Crippen molar-refractivity contribution in [3.05, 3.63) is 12.2 Å². The normalized spacial score (nSPS) is 50.3. The summed E-state index contributed by atoms with van der Waals surface area (Å²) in [5, 5.41) is 48.0. The molecule has 84 heavy (non-hydrogen) atoms. The van der Waals surface area contributed by atoms with Crippen LogP contribution in [0.5, 0.6) is 0 Å². The molecule has 10 aliphatic carbocycles. The third kappa shape index (κ3) is 10.5. The molecule has 0 amide bonds. The van der Waals surface area contributed by atoms with Crippen molar-refractivity contribution in [2.45, 2.75) is 268 Å². The Morgan fingerprint density at radius 2 is 0.976 bits per heavy atom. The Bertz CT molecular complexity index is 2250. The van der Waals surface area contributed by atoms with Crippen LogP contribution in [0, 0.1) is 119 Å². The van der Waals surface area contributed by atoms with Gasteiger partial charge >= 0.3 is 0 Å². The van der Waals surface area contributed by atoms with E-state index in [0.29, 0.717) is 92.9 Å². The van der Waals surface area contributed by atoms with Gasteiger partial charge in [-0.15, -0.1) is 0 Å². The lowest BCUT2D eigenvalue weighted by molar-refractivity contribution is -0.257. The largest absolute Gasteiger partial charge is 0.395 e. The molecule has 2 heterocycles. The van der Waals surface area contributed by atoms with E-state index in [0.717, 1.165) is 89.4 Å². The fourth-order valence-corrected chi connectivity index (χ4v) is 26.3. The van der Waals surface area contributed by atoms with E-state index in [-0.39, 0.29) is 59.7 Å². The van der Waals surface area contributed by atoms with E-state index in [9.17, 15) is 20.4 Å². The van der Waals surface area contributed by atoms with E-state index >= 15 is 0 Å². The summed E-state index contributed by atoms with van der Waals surface area (Å²) in [5.41, 5.74) is 3.83. The highest BCUT2D eigenvalue weighted by atomic mass is 16.7. The fourth-order valence-electron chi connectivity index (χ4n) is 26.3. The first kappa shape index (κ1) is 64.9. The smallest absolute Gasteiger partial charge is 0.157 e. The minimum atomic E-state index is -0.167. The molecule has 10 heteroatoms. The van der Waals surface area contributed by atoms with Crippen molar-refractivity contribution in [2.24, 2.45) is 119 Å². The molecule has 5 unspecified atom stereocenters. The van der Waals surface area contributed by atoms with E-state index in [1.54, 1.807) is 0 Å². The van der Waals surface area contributed by atoms with Gasteiger partial charge in [0.2, 0.25) is 0 Å². The van der Waals surface area contributed by atoms with E-state index in [2.05, 4.69) is 86.8 Å². The molecule has 10 saturated carbocycles. The molecule has 12 rings (SSSR count). The van der Waals surface area contributed by atoms with Gasteiger partial charge < -0.3 is 50.0 Å². The summed E-state index contributed by atoms with van der Waals surface area (Å²) in [6.07, 6.45) is 31.7. The van der Waals surface area contributed by atoms with Gasteiger partial charge in [0.1, 0.15) is 0 Å². The summed E-state index contributed by atoms with van der Waals surface area (Å²) in [7, 11) is 0. The van der Waals surface area contributed by atoms with Crippen LogP contribution in [0.3, 0.4) is 0 Å². The molecule has 2 saturated heterocycles. The highest BCUT2D eigenvalue weighted by Crippen LogP contribution is 2.80.